The highest BCUT2D eigenvalue weighted by atomic mass is 79.9. The van der Waals surface area contributed by atoms with Crippen LogP contribution in [0.2, 0.25) is 0 Å². The average molecular weight is 328 g/mol. The molecule has 1 saturated heterocycles. The van der Waals surface area contributed by atoms with Gasteiger partial charge in [-0.1, -0.05) is 15.9 Å². The van der Waals surface area contributed by atoms with E-state index >= 15 is 0 Å². The van der Waals surface area contributed by atoms with Crippen LogP contribution in [0.3, 0.4) is 0 Å². The number of benzene rings is 1. The van der Waals surface area contributed by atoms with Gasteiger partial charge >= 0.3 is 11.9 Å². The quantitative estimate of drug-likeness (QED) is 0.822. The summed E-state index contributed by atoms with van der Waals surface area (Å²) < 4.78 is 0. The van der Waals surface area contributed by atoms with Gasteiger partial charge in [-0.25, -0.2) is 9.59 Å². The van der Waals surface area contributed by atoms with Gasteiger partial charge in [-0.3, -0.25) is 4.79 Å². The van der Waals surface area contributed by atoms with Crippen molar-refractivity contribution in [3.05, 3.63) is 29.3 Å². The molecular formula is C12H10BrNO5. The number of carboxylic acids is 2. The van der Waals surface area contributed by atoms with Crippen LogP contribution in [0.1, 0.15) is 27.1 Å². The number of aromatic carboxylic acids is 2. The Balaban J connectivity index is 2.44. The Morgan fingerprint density at radius 3 is 2.32 bits per heavy atom. The van der Waals surface area contributed by atoms with Gasteiger partial charge in [0.1, 0.15) is 0 Å². The average Bonchev–Trinajstić information content (AvgIpc) is 2.67. The van der Waals surface area contributed by atoms with Crippen molar-refractivity contribution in [3.63, 3.8) is 0 Å². The molecule has 6 nitrogen and oxygen atoms in total. The number of carboxylic acid groups (broad SMARTS) is 2. The monoisotopic (exact) mass is 327 g/mol. The Kier molecular flexibility index (Phi) is 3.57. The molecule has 1 unspecified atom stereocenters. The van der Waals surface area contributed by atoms with Crippen molar-refractivity contribution in [1.29, 1.82) is 0 Å². The van der Waals surface area contributed by atoms with Gasteiger partial charge in [0.15, 0.2) is 0 Å². The Morgan fingerprint density at radius 1 is 1.21 bits per heavy atom. The van der Waals surface area contributed by atoms with Crippen molar-refractivity contribution in [2.75, 3.05) is 11.4 Å². The first-order valence-electron chi connectivity index (χ1n) is 5.45. The molecule has 1 aromatic rings. The van der Waals surface area contributed by atoms with Crippen LogP contribution in [0.5, 0.6) is 0 Å². The Hall–Kier alpha value is -1.89. The van der Waals surface area contributed by atoms with Gasteiger partial charge in [-0.2, -0.15) is 0 Å². The molecule has 7 heteroatoms. The minimum atomic E-state index is -1.33. The highest BCUT2D eigenvalue weighted by Crippen LogP contribution is 2.27. The highest BCUT2D eigenvalue weighted by Gasteiger charge is 2.29. The smallest absolute Gasteiger partial charge is 0.336 e. The summed E-state index contributed by atoms with van der Waals surface area (Å²) >= 11 is 3.33. The van der Waals surface area contributed by atoms with E-state index < -0.39 is 11.9 Å². The molecular weight excluding hydrogens is 318 g/mol. The molecule has 0 bridgehead atoms. The molecule has 0 aliphatic carbocycles. The lowest BCUT2D eigenvalue weighted by Crippen LogP contribution is -2.25. The normalized spacial score (nSPS) is 18.7. The molecule has 1 aromatic carbocycles. The van der Waals surface area contributed by atoms with Crippen LogP contribution in [0.4, 0.5) is 5.69 Å². The first kappa shape index (κ1) is 13.5. The van der Waals surface area contributed by atoms with Gasteiger partial charge in [-0.15, -0.1) is 0 Å². The fourth-order valence-electron chi connectivity index (χ4n) is 1.98. The lowest BCUT2D eigenvalue weighted by molar-refractivity contribution is -0.117. The molecule has 1 aliphatic heterocycles. The molecule has 100 valence electrons. The van der Waals surface area contributed by atoms with E-state index in [0.29, 0.717) is 18.7 Å². The van der Waals surface area contributed by atoms with Gasteiger partial charge in [0, 0.05) is 23.5 Å². The molecule has 1 fully saturated rings. The largest absolute Gasteiger partial charge is 0.478 e. The van der Waals surface area contributed by atoms with Gasteiger partial charge in [-0.05, 0) is 18.2 Å². The van der Waals surface area contributed by atoms with Crippen molar-refractivity contribution in [3.8, 4) is 0 Å². The second-order valence-corrected chi connectivity index (χ2v) is 5.44. The third kappa shape index (κ3) is 2.60. The summed E-state index contributed by atoms with van der Waals surface area (Å²) in [7, 11) is 0. The maximum absolute atomic E-state index is 11.7. The first-order valence-corrected chi connectivity index (χ1v) is 6.37. The third-order valence-corrected chi connectivity index (χ3v) is 3.47. The van der Waals surface area contributed by atoms with Crippen LogP contribution >= 0.6 is 15.9 Å². The summed E-state index contributed by atoms with van der Waals surface area (Å²) in [6, 6.07) is 3.86. The summed E-state index contributed by atoms with van der Waals surface area (Å²) in [5, 5.41) is 17.9. The predicted octanol–water partition coefficient (Wildman–Crippen LogP) is 1.58. The van der Waals surface area contributed by atoms with E-state index in [0.717, 1.165) is 0 Å². The fourth-order valence-corrected chi connectivity index (χ4v) is 2.54. The van der Waals surface area contributed by atoms with E-state index in [1.165, 1.54) is 23.1 Å². The molecule has 1 aliphatic rings. The van der Waals surface area contributed by atoms with E-state index in [9.17, 15) is 14.4 Å². The van der Waals surface area contributed by atoms with Crippen molar-refractivity contribution in [2.24, 2.45) is 0 Å². The molecule has 1 atom stereocenters. The molecule has 0 radical (unpaired) electrons. The second kappa shape index (κ2) is 5.00. The van der Waals surface area contributed by atoms with Crippen LogP contribution in [0.25, 0.3) is 0 Å². The van der Waals surface area contributed by atoms with Crippen LogP contribution in [0.15, 0.2) is 18.2 Å². The number of carbonyl (C=O) groups excluding carboxylic acids is 1. The molecule has 19 heavy (non-hydrogen) atoms. The SMILES string of the molecule is O=C(O)c1ccc(N2CC(Br)CC2=O)cc1C(=O)O. The number of carbonyl (C=O) groups is 3. The number of hydrogen-bond donors (Lipinski definition) is 2. The Morgan fingerprint density at radius 2 is 1.84 bits per heavy atom. The summed E-state index contributed by atoms with van der Waals surface area (Å²) in [5.41, 5.74) is -0.219. The van der Waals surface area contributed by atoms with Crippen LogP contribution in [0, 0.1) is 0 Å². The van der Waals surface area contributed by atoms with E-state index in [1.807, 2.05) is 0 Å². The molecule has 2 N–H and O–H groups in total. The maximum Gasteiger partial charge on any atom is 0.336 e. The van der Waals surface area contributed by atoms with Crippen LogP contribution in [-0.4, -0.2) is 39.4 Å². The standard InChI is InChI=1S/C12H10BrNO5/c13-6-3-10(15)14(5-6)7-1-2-8(11(16)17)9(4-7)12(18)19/h1-2,4,6H,3,5H2,(H,16,17)(H,18,19). The summed E-state index contributed by atoms with van der Waals surface area (Å²) in [6.07, 6.45) is 0.336. The summed E-state index contributed by atoms with van der Waals surface area (Å²) in [6.45, 7) is 0.435. The molecule has 0 saturated carbocycles. The predicted molar refractivity (Wildman–Crippen MR) is 70.0 cm³/mol. The number of amides is 1. The maximum atomic E-state index is 11.7. The number of anilines is 1. The van der Waals surface area contributed by atoms with Gasteiger partial charge in [0.2, 0.25) is 5.91 Å². The number of alkyl halides is 1. The van der Waals surface area contributed by atoms with Gasteiger partial charge in [0.25, 0.3) is 0 Å². The zero-order valence-electron chi connectivity index (χ0n) is 9.67. The Bertz CT molecular complexity index is 571. The number of rotatable bonds is 3. The van der Waals surface area contributed by atoms with Gasteiger partial charge < -0.3 is 15.1 Å². The van der Waals surface area contributed by atoms with E-state index in [-0.39, 0.29) is 21.9 Å². The van der Waals surface area contributed by atoms with Crippen molar-refractivity contribution in [1.82, 2.24) is 0 Å². The van der Waals surface area contributed by atoms with E-state index in [2.05, 4.69) is 15.9 Å². The lowest BCUT2D eigenvalue weighted by atomic mass is 10.1. The van der Waals surface area contributed by atoms with E-state index in [4.69, 9.17) is 10.2 Å². The van der Waals surface area contributed by atoms with Crippen molar-refractivity contribution in [2.45, 2.75) is 11.2 Å². The highest BCUT2D eigenvalue weighted by molar-refractivity contribution is 9.09. The Labute approximate surface area is 116 Å². The van der Waals surface area contributed by atoms with Crippen molar-refractivity contribution >= 4 is 39.5 Å². The zero-order chi connectivity index (χ0) is 14.2. The second-order valence-electron chi connectivity index (χ2n) is 4.15. The number of hydrogen-bond acceptors (Lipinski definition) is 3. The van der Waals surface area contributed by atoms with Crippen LogP contribution < -0.4 is 4.90 Å². The van der Waals surface area contributed by atoms with E-state index in [1.54, 1.807) is 0 Å². The molecule has 1 amide bonds. The van der Waals surface area contributed by atoms with Gasteiger partial charge in [0.05, 0.1) is 11.1 Å². The molecule has 2 rings (SSSR count). The summed E-state index contributed by atoms with van der Waals surface area (Å²) in [5.74, 6) is -2.77. The molecule has 0 aromatic heterocycles. The zero-order valence-corrected chi connectivity index (χ0v) is 11.3. The first-order chi connectivity index (χ1) is 8.90. The minimum Gasteiger partial charge on any atom is -0.478 e. The number of nitrogens with zero attached hydrogens (tertiary/aromatic N) is 1. The van der Waals surface area contributed by atoms with Crippen LogP contribution in [-0.2, 0) is 4.79 Å². The molecule has 0 spiro atoms. The van der Waals surface area contributed by atoms with Crippen molar-refractivity contribution < 1.29 is 24.6 Å². The number of halogens is 1. The minimum absolute atomic E-state index is 0.0208. The molecule has 1 heterocycles. The lowest BCUT2D eigenvalue weighted by Gasteiger charge is -2.17. The third-order valence-electron chi connectivity index (χ3n) is 2.85. The fraction of sp³-hybridized carbons (Fsp3) is 0.250. The topological polar surface area (TPSA) is 94.9 Å². The summed E-state index contributed by atoms with van der Waals surface area (Å²) in [4.78, 5) is 35.2.